The summed E-state index contributed by atoms with van der Waals surface area (Å²) < 4.78 is 4.90. The molecule has 0 aromatic heterocycles. The molecule has 24 heavy (non-hydrogen) atoms. The van der Waals surface area contributed by atoms with Crippen LogP contribution >= 0.6 is 23.2 Å². The van der Waals surface area contributed by atoms with E-state index in [9.17, 15) is 9.59 Å². The first-order valence-electron chi connectivity index (χ1n) is 6.62. The van der Waals surface area contributed by atoms with Gasteiger partial charge in [0.1, 0.15) is 6.07 Å². The number of nitrogen functional groups attached to an aromatic ring is 1. The van der Waals surface area contributed by atoms with E-state index in [0.29, 0.717) is 10.0 Å². The van der Waals surface area contributed by atoms with Gasteiger partial charge in [-0.25, -0.2) is 4.79 Å². The van der Waals surface area contributed by atoms with E-state index in [1.54, 1.807) is 0 Å². The van der Waals surface area contributed by atoms with Gasteiger partial charge in [-0.1, -0.05) is 23.2 Å². The quantitative estimate of drug-likeness (QED) is 0.640. The summed E-state index contributed by atoms with van der Waals surface area (Å²) in [4.78, 5) is 23.7. The molecule has 0 aliphatic heterocycles. The molecule has 122 valence electrons. The van der Waals surface area contributed by atoms with Gasteiger partial charge in [-0.2, -0.15) is 5.26 Å². The van der Waals surface area contributed by atoms with Gasteiger partial charge in [0.2, 0.25) is 0 Å². The molecule has 0 bridgehead atoms. The number of anilines is 2. The Labute approximate surface area is 147 Å². The van der Waals surface area contributed by atoms with Crippen molar-refractivity contribution in [3.05, 3.63) is 57.6 Å². The molecule has 1 amide bonds. The van der Waals surface area contributed by atoms with E-state index >= 15 is 0 Å². The van der Waals surface area contributed by atoms with Crippen molar-refractivity contribution >= 4 is 46.5 Å². The van der Waals surface area contributed by atoms with Crippen molar-refractivity contribution in [3.63, 3.8) is 0 Å². The lowest BCUT2D eigenvalue weighted by Gasteiger charge is -2.09. The summed E-state index contributed by atoms with van der Waals surface area (Å²) in [6.07, 6.45) is 0. The fourth-order valence-electron chi connectivity index (χ4n) is 1.79. The highest BCUT2D eigenvalue weighted by atomic mass is 35.5. The van der Waals surface area contributed by atoms with Crippen LogP contribution in [-0.4, -0.2) is 18.5 Å². The second-order valence-corrected chi connectivity index (χ2v) is 5.51. The topological polar surface area (TPSA) is 105 Å². The second kappa shape index (κ2) is 7.68. The number of halogens is 2. The Bertz CT molecular complexity index is 847. The first-order chi connectivity index (χ1) is 11.4. The number of ether oxygens (including phenoxy) is 1. The summed E-state index contributed by atoms with van der Waals surface area (Å²) in [5.41, 5.74) is 6.48. The molecule has 6 nitrogen and oxygen atoms in total. The third-order valence-electron chi connectivity index (χ3n) is 2.94. The molecular formula is C16H11Cl2N3O3. The van der Waals surface area contributed by atoms with Crippen LogP contribution in [0.1, 0.15) is 15.9 Å². The minimum Gasteiger partial charge on any atom is -0.452 e. The SMILES string of the molecule is N#Cc1ccc(Cl)cc1NC(=O)COC(=O)c1ccc(Cl)c(N)c1. The smallest absolute Gasteiger partial charge is 0.338 e. The number of nitrogens with one attached hydrogen (secondary N) is 1. The molecule has 0 unspecified atom stereocenters. The summed E-state index contributed by atoms with van der Waals surface area (Å²) in [5, 5.41) is 12.1. The summed E-state index contributed by atoms with van der Waals surface area (Å²) >= 11 is 11.6. The van der Waals surface area contributed by atoms with Crippen molar-refractivity contribution in [2.75, 3.05) is 17.7 Å². The lowest BCUT2D eigenvalue weighted by molar-refractivity contribution is -0.119. The number of esters is 1. The Kier molecular flexibility index (Phi) is 5.64. The first kappa shape index (κ1) is 17.6. The third kappa shape index (κ3) is 4.38. The third-order valence-corrected chi connectivity index (χ3v) is 3.52. The maximum absolute atomic E-state index is 11.9. The Balaban J connectivity index is 1.98. The molecular weight excluding hydrogens is 353 g/mol. The minimum atomic E-state index is -0.722. The average Bonchev–Trinajstić information content (AvgIpc) is 2.55. The van der Waals surface area contributed by atoms with Gasteiger partial charge < -0.3 is 15.8 Å². The number of amides is 1. The molecule has 2 aromatic rings. The number of benzene rings is 2. The molecule has 2 aromatic carbocycles. The number of hydrogen-bond acceptors (Lipinski definition) is 5. The molecule has 3 N–H and O–H groups in total. The fraction of sp³-hybridized carbons (Fsp3) is 0.0625. The van der Waals surface area contributed by atoms with Crippen LogP contribution in [0.4, 0.5) is 11.4 Å². The largest absolute Gasteiger partial charge is 0.452 e. The van der Waals surface area contributed by atoms with E-state index in [1.807, 2.05) is 6.07 Å². The van der Waals surface area contributed by atoms with Crippen LogP contribution in [-0.2, 0) is 9.53 Å². The number of nitriles is 1. The summed E-state index contributed by atoms with van der Waals surface area (Å²) in [6, 6.07) is 10.6. The van der Waals surface area contributed by atoms with Crippen LogP contribution in [0.2, 0.25) is 10.0 Å². The van der Waals surface area contributed by atoms with Crippen LogP contribution < -0.4 is 11.1 Å². The molecule has 8 heteroatoms. The number of carbonyl (C=O) groups is 2. The molecule has 0 saturated carbocycles. The van der Waals surface area contributed by atoms with E-state index in [4.69, 9.17) is 38.9 Å². The highest BCUT2D eigenvalue weighted by Crippen LogP contribution is 2.21. The average molecular weight is 364 g/mol. The number of rotatable bonds is 4. The number of nitrogens with two attached hydrogens (primary N) is 1. The molecule has 0 fully saturated rings. The lowest BCUT2D eigenvalue weighted by atomic mass is 10.2. The van der Waals surface area contributed by atoms with Crippen LogP contribution in [0.3, 0.4) is 0 Å². The highest BCUT2D eigenvalue weighted by Gasteiger charge is 2.13. The van der Waals surface area contributed by atoms with Gasteiger partial charge in [0.25, 0.3) is 5.91 Å². The van der Waals surface area contributed by atoms with Crippen molar-refractivity contribution in [1.82, 2.24) is 0 Å². The zero-order valence-corrected chi connectivity index (χ0v) is 13.7. The van der Waals surface area contributed by atoms with Crippen molar-refractivity contribution in [2.45, 2.75) is 0 Å². The van der Waals surface area contributed by atoms with Gasteiger partial charge >= 0.3 is 5.97 Å². The van der Waals surface area contributed by atoms with Crippen LogP contribution in [0, 0.1) is 11.3 Å². The summed E-state index contributed by atoms with van der Waals surface area (Å²) in [7, 11) is 0. The van der Waals surface area contributed by atoms with Crippen molar-refractivity contribution in [2.24, 2.45) is 0 Å². The molecule has 0 aliphatic rings. The zero-order valence-electron chi connectivity index (χ0n) is 12.2. The Morgan fingerprint density at radius 1 is 1.21 bits per heavy atom. The first-order valence-corrected chi connectivity index (χ1v) is 7.38. The molecule has 0 aliphatic carbocycles. The predicted octanol–water partition coefficient (Wildman–Crippen LogP) is 3.24. The van der Waals surface area contributed by atoms with Gasteiger partial charge in [0, 0.05) is 5.02 Å². The summed E-state index contributed by atoms with van der Waals surface area (Å²) in [5.74, 6) is -1.33. The number of nitrogens with zero attached hydrogens (tertiary/aromatic N) is 1. The Hall–Kier alpha value is -2.75. The van der Waals surface area contributed by atoms with E-state index in [2.05, 4.69) is 5.32 Å². The Morgan fingerprint density at radius 2 is 1.96 bits per heavy atom. The normalized spacial score (nSPS) is 9.88. The number of hydrogen-bond donors (Lipinski definition) is 2. The molecule has 0 atom stereocenters. The van der Waals surface area contributed by atoms with Crippen molar-refractivity contribution in [3.8, 4) is 6.07 Å². The van der Waals surface area contributed by atoms with Crippen LogP contribution in [0.25, 0.3) is 0 Å². The fourth-order valence-corrected chi connectivity index (χ4v) is 2.08. The van der Waals surface area contributed by atoms with Gasteiger partial charge in [0.05, 0.1) is 27.5 Å². The summed E-state index contributed by atoms with van der Waals surface area (Å²) in [6.45, 7) is -0.529. The monoisotopic (exact) mass is 363 g/mol. The highest BCUT2D eigenvalue weighted by molar-refractivity contribution is 6.33. The van der Waals surface area contributed by atoms with Crippen molar-refractivity contribution < 1.29 is 14.3 Å². The minimum absolute atomic E-state index is 0.171. The predicted molar refractivity (Wildman–Crippen MR) is 90.9 cm³/mol. The zero-order chi connectivity index (χ0) is 17.7. The molecule has 0 radical (unpaired) electrons. The lowest BCUT2D eigenvalue weighted by Crippen LogP contribution is -2.21. The molecule has 0 saturated heterocycles. The van der Waals surface area contributed by atoms with E-state index < -0.39 is 18.5 Å². The maximum atomic E-state index is 11.9. The molecule has 0 heterocycles. The van der Waals surface area contributed by atoms with Gasteiger partial charge in [-0.05, 0) is 36.4 Å². The van der Waals surface area contributed by atoms with E-state index in [1.165, 1.54) is 36.4 Å². The van der Waals surface area contributed by atoms with Gasteiger partial charge in [0.15, 0.2) is 6.61 Å². The maximum Gasteiger partial charge on any atom is 0.338 e. The second-order valence-electron chi connectivity index (χ2n) is 4.66. The standard InChI is InChI=1S/C16H11Cl2N3O3/c17-11-3-1-10(7-19)14(6-11)21-15(22)8-24-16(23)9-2-4-12(18)13(20)5-9/h1-6H,8,20H2,(H,21,22). The van der Waals surface area contributed by atoms with Crippen LogP contribution in [0.15, 0.2) is 36.4 Å². The van der Waals surface area contributed by atoms with Crippen LogP contribution in [0.5, 0.6) is 0 Å². The molecule has 0 spiro atoms. The Morgan fingerprint density at radius 3 is 2.62 bits per heavy atom. The van der Waals surface area contributed by atoms with Gasteiger partial charge in [-0.3, -0.25) is 4.79 Å². The number of carbonyl (C=O) groups excluding carboxylic acids is 2. The van der Waals surface area contributed by atoms with Crippen molar-refractivity contribution in [1.29, 1.82) is 5.26 Å². The van der Waals surface area contributed by atoms with E-state index in [-0.39, 0.29) is 22.5 Å². The molecule has 2 rings (SSSR count). The van der Waals surface area contributed by atoms with E-state index in [0.717, 1.165) is 0 Å². The van der Waals surface area contributed by atoms with Gasteiger partial charge in [-0.15, -0.1) is 0 Å².